The monoisotopic (exact) mass is 298 g/mol. The second kappa shape index (κ2) is 6.43. The maximum atomic E-state index is 12.0. The molecular weight excluding hydrogens is 280 g/mol. The van der Waals surface area contributed by atoms with Crippen molar-refractivity contribution in [2.75, 3.05) is 23.7 Å². The van der Waals surface area contributed by atoms with Crippen LogP contribution in [0.1, 0.15) is 25.1 Å². The highest BCUT2D eigenvalue weighted by Crippen LogP contribution is 2.42. The molecule has 0 aromatic carbocycles. The summed E-state index contributed by atoms with van der Waals surface area (Å²) in [6, 6.07) is 2.04. The van der Waals surface area contributed by atoms with Crippen molar-refractivity contribution in [1.82, 2.24) is 5.32 Å². The highest BCUT2D eigenvalue weighted by molar-refractivity contribution is 8.02. The van der Waals surface area contributed by atoms with Crippen LogP contribution in [0.15, 0.2) is 10.3 Å². The molecule has 104 valence electrons. The van der Waals surface area contributed by atoms with Crippen LogP contribution in [-0.2, 0) is 16.0 Å². The first-order valence-electron chi connectivity index (χ1n) is 6.48. The van der Waals surface area contributed by atoms with E-state index in [0.29, 0.717) is 12.3 Å². The third-order valence-electron chi connectivity index (χ3n) is 2.87. The van der Waals surface area contributed by atoms with E-state index >= 15 is 0 Å². The molecule has 2 rings (SSSR count). The number of hydrogen-bond donors (Lipinski definition) is 1. The lowest BCUT2D eigenvalue weighted by molar-refractivity contribution is -0.122. The normalized spacial score (nSPS) is 14.4. The van der Waals surface area contributed by atoms with Crippen molar-refractivity contribution in [3.63, 3.8) is 0 Å². The molecule has 0 bridgehead atoms. The first kappa shape index (κ1) is 14.4. The molecule has 2 heterocycles. The number of nitrogens with zero attached hydrogens (tertiary/aromatic N) is 1. The Hall–Kier alpha value is -1.01. The smallest absolute Gasteiger partial charge is 0.240 e. The molecule has 1 aromatic rings. The second-order valence-electron chi connectivity index (χ2n) is 4.36. The number of rotatable bonds is 5. The minimum atomic E-state index is -0.0858. The van der Waals surface area contributed by atoms with Crippen molar-refractivity contribution < 1.29 is 9.59 Å². The van der Waals surface area contributed by atoms with Gasteiger partial charge in [-0.1, -0.05) is 13.8 Å². The Labute approximate surface area is 121 Å². The number of nitrogens with one attached hydrogen (secondary N) is 1. The highest BCUT2D eigenvalue weighted by Gasteiger charge is 2.28. The first-order valence-corrected chi connectivity index (χ1v) is 8.28. The Balaban J connectivity index is 2.13. The summed E-state index contributed by atoms with van der Waals surface area (Å²) in [5.41, 5.74) is 0.912. The molecular formula is C13H18N2O2S2. The molecule has 1 N–H and O–H groups in total. The van der Waals surface area contributed by atoms with Crippen LogP contribution in [0, 0.1) is 0 Å². The third kappa shape index (κ3) is 3.30. The van der Waals surface area contributed by atoms with Crippen LogP contribution in [0.25, 0.3) is 0 Å². The topological polar surface area (TPSA) is 49.4 Å². The van der Waals surface area contributed by atoms with Crippen molar-refractivity contribution in [2.45, 2.75) is 30.9 Å². The van der Waals surface area contributed by atoms with Gasteiger partial charge >= 0.3 is 0 Å². The molecule has 4 nitrogen and oxygen atoms in total. The van der Waals surface area contributed by atoms with Gasteiger partial charge in [0.1, 0.15) is 6.54 Å². The Morgan fingerprint density at radius 2 is 2.26 bits per heavy atom. The maximum Gasteiger partial charge on any atom is 0.240 e. The van der Waals surface area contributed by atoms with Gasteiger partial charge in [0.05, 0.1) is 15.6 Å². The zero-order valence-corrected chi connectivity index (χ0v) is 12.8. The number of thiophene rings is 1. The number of fused-ring (bicyclic) bond motifs is 1. The van der Waals surface area contributed by atoms with Crippen molar-refractivity contribution >= 4 is 40.6 Å². The number of aryl methyl sites for hydroxylation is 1. The van der Waals surface area contributed by atoms with Crippen molar-refractivity contribution in [1.29, 1.82) is 0 Å². The number of anilines is 1. The summed E-state index contributed by atoms with van der Waals surface area (Å²) in [6.45, 7) is 4.90. The van der Waals surface area contributed by atoms with Crippen molar-refractivity contribution in [3.8, 4) is 0 Å². The van der Waals surface area contributed by atoms with Gasteiger partial charge < -0.3 is 10.2 Å². The number of carbonyl (C=O) groups is 2. The molecule has 0 unspecified atom stereocenters. The second-order valence-corrected chi connectivity index (χ2v) is 6.74. The third-order valence-corrected chi connectivity index (χ3v) is 5.40. The van der Waals surface area contributed by atoms with Crippen LogP contribution in [0.4, 0.5) is 5.69 Å². The fourth-order valence-electron chi connectivity index (χ4n) is 1.85. The lowest BCUT2D eigenvalue weighted by Crippen LogP contribution is -2.43. The molecule has 1 aromatic heterocycles. The molecule has 1 aliphatic heterocycles. The van der Waals surface area contributed by atoms with E-state index in [1.807, 2.05) is 13.0 Å². The van der Waals surface area contributed by atoms with Crippen LogP contribution >= 0.6 is 23.1 Å². The van der Waals surface area contributed by atoms with E-state index in [-0.39, 0.29) is 18.4 Å². The van der Waals surface area contributed by atoms with Crippen molar-refractivity contribution in [2.24, 2.45) is 0 Å². The number of amides is 2. The summed E-state index contributed by atoms with van der Waals surface area (Å²) < 4.78 is 1.15. The molecule has 0 saturated heterocycles. The largest absolute Gasteiger partial charge is 0.355 e. The van der Waals surface area contributed by atoms with Crippen LogP contribution in [-0.4, -0.2) is 30.7 Å². The van der Waals surface area contributed by atoms with Gasteiger partial charge in [0.2, 0.25) is 11.8 Å². The van der Waals surface area contributed by atoms with Gasteiger partial charge in [0.15, 0.2) is 0 Å². The Bertz CT molecular complexity index is 485. The molecule has 0 saturated carbocycles. The van der Waals surface area contributed by atoms with E-state index in [2.05, 4.69) is 12.2 Å². The molecule has 0 atom stereocenters. The van der Waals surface area contributed by atoms with Gasteiger partial charge in [-0.25, -0.2) is 0 Å². The van der Waals surface area contributed by atoms with Gasteiger partial charge in [0.25, 0.3) is 0 Å². The van der Waals surface area contributed by atoms with Crippen LogP contribution in [0.5, 0.6) is 0 Å². The van der Waals surface area contributed by atoms with Crippen LogP contribution in [0.2, 0.25) is 0 Å². The molecule has 19 heavy (non-hydrogen) atoms. The zero-order chi connectivity index (χ0) is 13.8. The summed E-state index contributed by atoms with van der Waals surface area (Å²) >= 11 is 3.30. The van der Waals surface area contributed by atoms with Gasteiger partial charge in [-0.05, 0) is 18.9 Å². The highest BCUT2D eigenvalue weighted by atomic mass is 32.2. The Morgan fingerprint density at radius 1 is 1.47 bits per heavy atom. The summed E-state index contributed by atoms with van der Waals surface area (Å²) in [6.07, 6.45) is 1.86. The van der Waals surface area contributed by atoms with E-state index in [4.69, 9.17) is 0 Å². The fraction of sp³-hybridized carbons (Fsp3) is 0.538. The van der Waals surface area contributed by atoms with Gasteiger partial charge in [0, 0.05) is 11.4 Å². The fourth-order valence-corrected chi connectivity index (χ4v) is 4.14. The zero-order valence-electron chi connectivity index (χ0n) is 11.2. The maximum absolute atomic E-state index is 12.0. The molecule has 0 aliphatic carbocycles. The molecule has 6 heteroatoms. The van der Waals surface area contributed by atoms with E-state index in [1.54, 1.807) is 28.0 Å². The van der Waals surface area contributed by atoms with Gasteiger partial charge in [-0.2, -0.15) is 0 Å². The average molecular weight is 298 g/mol. The molecule has 0 spiro atoms. The first-order chi connectivity index (χ1) is 9.15. The standard InChI is InChI=1S/C13H18N2O2S2/c1-3-5-14-11(16)7-15-10-6-9(4-2)19-13(10)18-8-12(15)17/h6H,3-5,7-8H2,1-2H3,(H,14,16). The summed E-state index contributed by atoms with van der Waals surface area (Å²) in [5.74, 6) is 0.361. The number of thioether (sulfide) groups is 1. The Kier molecular flexibility index (Phi) is 4.87. The summed E-state index contributed by atoms with van der Waals surface area (Å²) in [4.78, 5) is 26.7. The predicted octanol–water partition coefficient (Wildman–Crippen LogP) is 2.28. The molecule has 0 fully saturated rings. The predicted molar refractivity (Wildman–Crippen MR) is 80.1 cm³/mol. The average Bonchev–Trinajstić information content (AvgIpc) is 2.83. The van der Waals surface area contributed by atoms with Crippen molar-refractivity contribution in [3.05, 3.63) is 10.9 Å². The number of carbonyl (C=O) groups excluding carboxylic acids is 2. The Morgan fingerprint density at radius 3 is 2.95 bits per heavy atom. The van der Waals surface area contributed by atoms with E-state index in [1.165, 1.54) is 4.88 Å². The SMILES string of the molecule is CCCNC(=O)CN1C(=O)CSc2sc(CC)cc21. The van der Waals surface area contributed by atoms with Crippen LogP contribution < -0.4 is 10.2 Å². The lowest BCUT2D eigenvalue weighted by Gasteiger charge is -2.25. The summed E-state index contributed by atoms with van der Waals surface area (Å²) in [5, 5.41) is 2.82. The van der Waals surface area contributed by atoms with Gasteiger partial charge in [-0.15, -0.1) is 23.1 Å². The summed E-state index contributed by atoms with van der Waals surface area (Å²) in [7, 11) is 0. The van der Waals surface area contributed by atoms with E-state index < -0.39 is 0 Å². The molecule has 0 radical (unpaired) electrons. The molecule has 2 amide bonds. The minimum absolute atomic E-state index is 0.0181. The lowest BCUT2D eigenvalue weighted by atomic mass is 10.3. The number of hydrogen-bond acceptors (Lipinski definition) is 4. The van der Waals surface area contributed by atoms with E-state index in [0.717, 1.165) is 22.7 Å². The molecule has 1 aliphatic rings. The van der Waals surface area contributed by atoms with Crippen LogP contribution in [0.3, 0.4) is 0 Å². The minimum Gasteiger partial charge on any atom is -0.355 e. The van der Waals surface area contributed by atoms with Gasteiger partial charge in [-0.3, -0.25) is 9.59 Å². The quantitative estimate of drug-likeness (QED) is 0.907. The van der Waals surface area contributed by atoms with E-state index in [9.17, 15) is 9.59 Å².